The fourth-order valence-electron chi connectivity index (χ4n) is 3.85. The first kappa shape index (κ1) is 17.6. The summed E-state index contributed by atoms with van der Waals surface area (Å²) >= 11 is 0. The number of aryl methyl sites for hydroxylation is 2. The van der Waals surface area contributed by atoms with Crippen LogP contribution in [0.2, 0.25) is 0 Å². The van der Waals surface area contributed by atoms with Gasteiger partial charge in [-0.1, -0.05) is 60.7 Å². The smallest absolute Gasteiger partial charge is 0.0500 e. The number of nitrogens with two attached hydrogens (primary N) is 1. The predicted octanol–water partition coefficient (Wildman–Crippen LogP) is 6.09. The van der Waals surface area contributed by atoms with E-state index in [4.69, 9.17) is 5.73 Å². The van der Waals surface area contributed by atoms with Crippen LogP contribution in [0.1, 0.15) is 24.0 Å². The molecule has 0 unspecified atom stereocenters. The lowest BCUT2D eigenvalue weighted by Crippen LogP contribution is -1.99. The van der Waals surface area contributed by atoms with Crippen LogP contribution in [0.25, 0.3) is 33.3 Å². The van der Waals surface area contributed by atoms with E-state index in [1.54, 1.807) is 0 Å². The van der Waals surface area contributed by atoms with Gasteiger partial charge in [-0.2, -0.15) is 0 Å². The van der Waals surface area contributed by atoms with Crippen LogP contribution in [0.4, 0.5) is 0 Å². The normalized spacial score (nSPS) is 11.2. The SMILES string of the molecule is Cc1ccccc1-c1[nH]c2ccc(-c3ccccc3)cc2c1CCCCN. The maximum Gasteiger partial charge on any atom is 0.0500 e. The van der Waals surface area contributed by atoms with Gasteiger partial charge in [0.1, 0.15) is 0 Å². The van der Waals surface area contributed by atoms with Crippen LogP contribution in [-0.4, -0.2) is 11.5 Å². The van der Waals surface area contributed by atoms with Crippen LogP contribution >= 0.6 is 0 Å². The fraction of sp³-hybridized carbons (Fsp3) is 0.200. The first-order chi connectivity index (χ1) is 13.3. The third-order valence-corrected chi connectivity index (χ3v) is 5.31. The average molecular weight is 354 g/mol. The lowest BCUT2D eigenvalue weighted by atomic mass is 9.96. The molecular weight excluding hydrogens is 328 g/mol. The van der Waals surface area contributed by atoms with E-state index < -0.39 is 0 Å². The molecule has 2 nitrogen and oxygen atoms in total. The molecule has 0 fully saturated rings. The van der Waals surface area contributed by atoms with Gasteiger partial charge in [-0.3, -0.25) is 0 Å². The molecule has 0 aliphatic heterocycles. The number of hydrogen-bond acceptors (Lipinski definition) is 1. The predicted molar refractivity (Wildman–Crippen MR) is 116 cm³/mol. The van der Waals surface area contributed by atoms with Gasteiger partial charge in [0.15, 0.2) is 0 Å². The van der Waals surface area contributed by atoms with Crippen LogP contribution < -0.4 is 5.73 Å². The summed E-state index contributed by atoms with van der Waals surface area (Å²) in [5.74, 6) is 0. The summed E-state index contributed by atoms with van der Waals surface area (Å²) in [7, 11) is 0. The summed E-state index contributed by atoms with van der Waals surface area (Å²) in [5, 5.41) is 1.33. The Kier molecular flexibility index (Phi) is 5.08. The molecule has 0 saturated carbocycles. The van der Waals surface area contributed by atoms with E-state index in [1.807, 2.05) is 0 Å². The van der Waals surface area contributed by atoms with Gasteiger partial charge >= 0.3 is 0 Å². The molecule has 0 atom stereocenters. The number of aromatic amines is 1. The van der Waals surface area contributed by atoms with E-state index in [1.165, 1.54) is 44.4 Å². The maximum atomic E-state index is 5.75. The summed E-state index contributed by atoms with van der Waals surface area (Å²) < 4.78 is 0. The van der Waals surface area contributed by atoms with Gasteiger partial charge in [-0.25, -0.2) is 0 Å². The van der Waals surface area contributed by atoms with Crippen molar-refractivity contribution in [2.24, 2.45) is 5.73 Å². The monoisotopic (exact) mass is 354 g/mol. The number of hydrogen-bond donors (Lipinski definition) is 2. The Hall–Kier alpha value is -2.84. The topological polar surface area (TPSA) is 41.8 Å². The van der Waals surface area contributed by atoms with Gasteiger partial charge < -0.3 is 10.7 Å². The minimum Gasteiger partial charge on any atom is -0.354 e. The minimum absolute atomic E-state index is 0.747. The molecule has 4 rings (SSSR count). The lowest BCUT2D eigenvalue weighted by Gasteiger charge is -2.08. The Bertz CT molecular complexity index is 1040. The first-order valence-corrected chi connectivity index (χ1v) is 9.74. The van der Waals surface area contributed by atoms with Gasteiger partial charge in [-0.15, -0.1) is 0 Å². The van der Waals surface area contributed by atoms with Gasteiger partial charge in [-0.05, 0) is 67.1 Å². The van der Waals surface area contributed by atoms with E-state index in [-0.39, 0.29) is 0 Å². The van der Waals surface area contributed by atoms with Crippen molar-refractivity contribution in [1.82, 2.24) is 4.98 Å². The molecule has 0 bridgehead atoms. The molecular formula is C25H26N2. The van der Waals surface area contributed by atoms with Crippen molar-refractivity contribution in [2.45, 2.75) is 26.2 Å². The molecule has 0 aliphatic carbocycles. The van der Waals surface area contributed by atoms with Crippen LogP contribution in [0.5, 0.6) is 0 Å². The van der Waals surface area contributed by atoms with Crippen molar-refractivity contribution in [3.8, 4) is 22.4 Å². The van der Waals surface area contributed by atoms with Crippen molar-refractivity contribution in [3.63, 3.8) is 0 Å². The Morgan fingerprint density at radius 2 is 1.59 bits per heavy atom. The van der Waals surface area contributed by atoms with Crippen molar-refractivity contribution < 1.29 is 0 Å². The Morgan fingerprint density at radius 3 is 2.37 bits per heavy atom. The number of aromatic nitrogens is 1. The standard InChI is InChI=1S/C25H26N2/c1-18-9-5-6-12-21(18)25-22(13-7-8-16-26)23-17-20(14-15-24(23)27-25)19-10-3-2-4-11-19/h2-6,9-12,14-15,17,27H,7-8,13,16,26H2,1H3. The molecule has 4 aromatic rings. The highest BCUT2D eigenvalue weighted by Gasteiger charge is 2.15. The zero-order valence-corrected chi connectivity index (χ0v) is 15.8. The number of nitrogens with one attached hydrogen (secondary N) is 1. The van der Waals surface area contributed by atoms with Gasteiger partial charge in [0.2, 0.25) is 0 Å². The van der Waals surface area contributed by atoms with Gasteiger partial charge in [0.25, 0.3) is 0 Å². The van der Waals surface area contributed by atoms with Crippen LogP contribution in [0.15, 0.2) is 72.8 Å². The summed E-state index contributed by atoms with van der Waals surface area (Å²) in [5.41, 5.74) is 14.7. The van der Waals surface area contributed by atoms with Crippen molar-refractivity contribution >= 4 is 10.9 Å². The molecule has 0 spiro atoms. The molecule has 3 N–H and O–H groups in total. The molecule has 136 valence electrons. The van der Waals surface area contributed by atoms with E-state index in [0.29, 0.717) is 0 Å². The zero-order valence-electron chi connectivity index (χ0n) is 15.8. The summed E-state index contributed by atoms with van der Waals surface area (Å²) in [6, 6.07) is 26.0. The highest BCUT2D eigenvalue weighted by Crippen LogP contribution is 2.35. The summed E-state index contributed by atoms with van der Waals surface area (Å²) in [6.45, 7) is 2.93. The largest absolute Gasteiger partial charge is 0.354 e. The van der Waals surface area contributed by atoms with Crippen molar-refractivity contribution in [2.75, 3.05) is 6.54 Å². The molecule has 0 saturated heterocycles. The number of H-pyrrole nitrogens is 1. The molecule has 3 aromatic carbocycles. The first-order valence-electron chi connectivity index (χ1n) is 9.74. The van der Waals surface area contributed by atoms with Crippen molar-refractivity contribution in [1.29, 1.82) is 0 Å². The third kappa shape index (κ3) is 3.54. The second-order valence-corrected chi connectivity index (χ2v) is 7.17. The quantitative estimate of drug-likeness (QED) is 0.404. The van der Waals surface area contributed by atoms with Gasteiger partial charge in [0, 0.05) is 22.2 Å². The molecule has 1 heterocycles. The molecule has 0 aliphatic rings. The number of unbranched alkanes of at least 4 members (excludes halogenated alkanes) is 1. The van der Waals surface area contributed by atoms with Crippen LogP contribution in [0.3, 0.4) is 0 Å². The molecule has 0 radical (unpaired) electrons. The summed E-state index contributed by atoms with van der Waals surface area (Å²) in [6.07, 6.45) is 3.20. The van der Waals surface area contributed by atoms with Crippen LogP contribution in [-0.2, 0) is 6.42 Å². The number of rotatable bonds is 6. The van der Waals surface area contributed by atoms with Crippen molar-refractivity contribution in [3.05, 3.63) is 83.9 Å². The fourth-order valence-corrected chi connectivity index (χ4v) is 3.85. The highest BCUT2D eigenvalue weighted by molar-refractivity contribution is 5.94. The molecule has 27 heavy (non-hydrogen) atoms. The highest BCUT2D eigenvalue weighted by atomic mass is 14.7. The lowest BCUT2D eigenvalue weighted by molar-refractivity contribution is 0.748. The zero-order chi connectivity index (χ0) is 18.6. The van der Waals surface area contributed by atoms with E-state index >= 15 is 0 Å². The second-order valence-electron chi connectivity index (χ2n) is 7.17. The van der Waals surface area contributed by atoms with Crippen LogP contribution in [0, 0.1) is 6.92 Å². The van der Waals surface area contributed by atoms with E-state index in [0.717, 1.165) is 25.8 Å². The molecule has 2 heteroatoms. The number of fused-ring (bicyclic) bond motifs is 1. The number of benzene rings is 3. The molecule has 1 aromatic heterocycles. The van der Waals surface area contributed by atoms with Gasteiger partial charge in [0.05, 0.1) is 0 Å². The Morgan fingerprint density at radius 1 is 0.815 bits per heavy atom. The average Bonchev–Trinajstić information content (AvgIpc) is 3.07. The maximum absolute atomic E-state index is 5.75. The Labute approximate surface area is 161 Å². The Balaban J connectivity index is 1.87. The molecule has 0 amide bonds. The third-order valence-electron chi connectivity index (χ3n) is 5.31. The summed E-state index contributed by atoms with van der Waals surface area (Å²) in [4.78, 5) is 3.70. The van der Waals surface area contributed by atoms with E-state index in [9.17, 15) is 0 Å². The minimum atomic E-state index is 0.747. The van der Waals surface area contributed by atoms with E-state index in [2.05, 4.69) is 84.7 Å². The second kappa shape index (κ2) is 7.81.